The van der Waals surface area contributed by atoms with E-state index in [9.17, 15) is 16.8 Å². The van der Waals surface area contributed by atoms with Crippen molar-refractivity contribution in [2.45, 2.75) is 10.8 Å². The molecule has 20 heavy (non-hydrogen) atoms. The highest BCUT2D eigenvalue weighted by Gasteiger charge is 2.31. The lowest BCUT2D eigenvalue weighted by molar-refractivity contribution is 0.274. The Kier molecular flexibility index (Phi) is 4.77. The first-order chi connectivity index (χ1) is 9.25. The van der Waals surface area contributed by atoms with Crippen LogP contribution >= 0.6 is 22.9 Å². The first-order valence-electron chi connectivity index (χ1n) is 5.84. The van der Waals surface area contributed by atoms with Gasteiger partial charge in [0.25, 0.3) is 0 Å². The van der Waals surface area contributed by atoms with Gasteiger partial charge in [-0.2, -0.15) is 8.61 Å². The van der Waals surface area contributed by atoms with E-state index in [-0.39, 0.29) is 37.0 Å². The van der Waals surface area contributed by atoms with E-state index < -0.39 is 20.0 Å². The first-order valence-corrected chi connectivity index (χ1v) is 10.5. The number of rotatable bonds is 4. The van der Waals surface area contributed by atoms with Gasteiger partial charge in [0.15, 0.2) is 0 Å². The maximum absolute atomic E-state index is 12.4. The summed E-state index contributed by atoms with van der Waals surface area (Å²) in [6.45, 7) is 0.706. The van der Waals surface area contributed by atoms with Gasteiger partial charge in [-0.1, -0.05) is 0 Å². The van der Waals surface area contributed by atoms with E-state index >= 15 is 0 Å². The van der Waals surface area contributed by atoms with Crippen molar-refractivity contribution >= 4 is 43.0 Å². The van der Waals surface area contributed by atoms with Crippen LogP contribution in [0, 0.1) is 0 Å². The number of hydrogen-bond acceptors (Lipinski definition) is 5. The third-order valence-electron chi connectivity index (χ3n) is 3.07. The molecule has 0 unspecified atom stereocenters. The summed E-state index contributed by atoms with van der Waals surface area (Å²) in [5.74, 6) is 0.280. The van der Waals surface area contributed by atoms with Crippen LogP contribution in [0.2, 0.25) is 0 Å². The zero-order chi connectivity index (χ0) is 15.0. The van der Waals surface area contributed by atoms with E-state index in [0.717, 1.165) is 11.1 Å². The summed E-state index contributed by atoms with van der Waals surface area (Å²) in [7, 11) is -6.82. The summed E-state index contributed by atoms with van der Waals surface area (Å²) in [5, 5.41) is 1.57. The summed E-state index contributed by atoms with van der Waals surface area (Å²) >= 11 is 6.98. The van der Waals surface area contributed by atoms with Crippen molar-refractivity contribution in [2.24, 2.45) is 0 Å². The van der Waals surface area contributed by atoms with Crippen molar-refractivity contribution in [1.82, 2.24) is 8.61 Å². The van der Waals surface area contributed by atoms with E-state index in [1.807, 2.05) is 0 Å². The molecule has 2 heterocycles. The number of nitrogens with zero attached hydrogens (tertiary/aromatic N) is 2. The molecule has 0 aliphatic carbocycles. The Morgan fingerprint density at radius 1 is 1.15 bits per heavy atom. The quantitative estimate of drug-likeness (QED) is 0.744. The fourth-order valence-electron chi connectivity index (χ4n) is 1.96. The maximum atomic E-state index is 12.4. The maximum Gasteiger partial charge on any atom is 0.243 e. The molecule has 1 aliphatic rings. The molecule has 0 aromatic carbocycles. The lowest BCUT2D eigenvalue weighted by Crippen LogP contribution is -2.50. The molecule has 0 radical (unpaired) electrons. The van der Waals surface area contributed by atoms with Crippen molar-refractivity contribution in [3.63, 3.8) is 0 Å². The third kappa shape index (κ3) is 3.34. The normalized spacial score (nSPS) is 19.3. The number of alkyl halides is 1. The van der Waals surface area contributed by atoms with Gasteiger partial charge in [0.2, 0.25) is 20.0 Å². The van der Waals surface area contributed by atoms with Crippen LogP contribution in [0.15, 0.2) is 16.3 Å². The molecule has 0 amide bonds. The Morgan fingerprint density at radius 3 is 2.15 bits per heavy atom. The van der Waals surface area contributed by atoms with Gasteiger partial charge < -0.3 is 0 Å². The minimum absolute atomic E-state index is 0.168. The van der Waals surface area contributed by atoms with Crippen molar-refractivity contribution < 1.29 is 16.8 Å². The van der Waals surface area contributed by atoms with Gasteiger partial charge in [-0.25, -0.2) is 16.8 Å². The lowest BCUT2D eigenvalue weighted by atomic mass is 10.4. The molecular formula is C10H15ClN2O4S3. The minimum atomic E-state index is -3.56. The van der Waals surface area contributed by atoms with Crippen LogP contribution in [-0.2, 0) is 25.9 Å². The number of sulfonamides is 2. The molecule has 1 fully saturated rings. The molecule has 0 N–H and O–H groups in total. The highest BCUT2D eigenvalue weighted by molar-refractivity contribution is 7.89. The van der Waals surface area contributed by atoms with Crippen molar-refractivity contribution in [2.75, 3.05) is 32.4 Å². The summed E-state index contributed by atoms with van der Waals surface area (Å²) in [4.78, 5) is 1.02. The molecule has 0 spiro atoms. The van der Waals surface area contributed by atoms with Crippen molar-refractivity contribution in [3.05, 3.63) is 16.3 Å². The second-order valence-corrected chi connectivity index (χ2v) is 9.63. The zero-order valence-electron chi connectivity index (χ0n) is 10.8. The number of hydrogen-bond donors (Lipinski definition) is 0. The molecule has 2 rings (SSSR count). The second-order valence-electron chi connectivity index (χ2n) is 4.45. The summed E-state index contributed by atoms with van der Waals surface area (Å²) < 4.78 is 50.2. The Bertz CT molecular complexity index is 675. The van der Waals surface area contributed by atoms with Crippen LogP contribution in [-0.4, -0.2) is 57.9 Å². The van der Waals surface area contributed by atoms with Gasteiger partial charge in [-0.3, -0.25) is 0 Å². The summed E-state index contributed by atoms with van der Waals surface area (Å²) in [6.07, 6.45) is 1.13. The number of piperazine rings is 1. The van der Waals surface area contributed by atoms with Gasteiger partial charge in [0.1, 0.15) is 0 Å². The van der Waals surface area contributed by atoms with Gasteiger partial charge in [-0.15, -0.1) is 22.9 Å². The van der Waals surface area contributed by atoms with Crippen LogP contribution in [0.5, 0.6) is 0 Å². The molecule has 0 bridgehead atoms. The fourth-order valence-corrected chi connectivity index (χ4v) is 5.58. The van der Waals surface area contributed by atoms with Gasteiger partial charge in [-0.05, 0) is 6.07 Å². The molecular weight excluding hydrogens is 344 g/mol. The van der Waals surface area contributed by atoms with E-state index in [0.29, 0.717) is 0 Å². The standard InChI is InChI=1S/C10H15ClN2O4S3/c1-19(14,15)12-2-4-13(5-3-12)20(16,17)10-6-9(7-11)18-8-10/h6,8H,2-5,7H2,1H3. The Balaban J connectivity index is 2.13. The monoisotopic (exact) mass is 358 g/mol. The van der Waals surface area contributed by atoms with Gasteiger partial charge in [0.05, 0.1) is 17.0 Å². The van der Waals surface area contributed by atoms with E-state index in [1.54, 1.807) is 11.4 Å². The first kappa shape index (κ1) is 16.2. The Labute approximate surface area is 128 Å². The molecule has 1 saturated heterocycles. The Hall–Kier alpha value is -0.190. The van der Waals surface area contributed by atoms with Crippen molar-refractivity contribution in [1.29, 1.82) is 0 Å². The molecule has 0 saturated carbocycles. The predicted octanol–water partition coefficient (Wildman–Crippen LogP) is 0.753. The van der Waals surface area contributed by atoms with Crippen LogP contribution in [0.25, 0.3) is 0 Å². The molecule has 114 valence electrons. The molecule has 6 nitrogen and oxygen atoms in total. The van der Waals surface area contributed by atoms with Crippen LogP contribution in [0.1, 0.15) is 4.88 Å². The molecule has 1 aromatic rings. The predicted molar refractivity (Wildman–Crippen MR) is 79.1 cm³/mol. The van der Waals surface area contributed by atoms with Crippen LogP contribution in [0.3, 0.4) is 0 Å². The minimum Gasteiger partial charge on any atom is -0.213 e. The average Bonchev–Trinajstić information content (AvgIpc) is 2.87. The van der Waals surface area contributed by atoms with E-state index in [4.69, 9.17) is 11.6 Å². The smallest absolute Gasteiger partial charge is 0.213 e. The molecule has 1 aromatic heterocycles. The summed E-state index contributed by atoms with van der Waals surface area (Å²) in [5.41, 5.74) is 0. The molecule has 1 aliphatic heterocycles. The highest BCUT2D eigenvalue weighted by atomic mass is 35.5. The summed E-state index contributed by atoms with van der Waals surface area (Å²) in [6, 6.07) is 1.57. The highest BCUT2D eigenvalue weighted by Crippen LogP contribution is 2.24. The SMILES string of the molecule is CS(=O)(=O)N1CCN(S(=O)(=O)c2csc(CCl)c2)CC1. The van der Waals surface area contributed by atoms with Crippen LogP contribution < -0.4 is 0 Å². The Morgan fingerprint density at radius 2 is 1.70 bits per heavy atom. The topological polar surface area (TPSA) is 74.8 Å². The second kappa shape index (κ2) is 5.90. The van der Waals surface area contributed by atoms with Crippen LogP contribution in [0.4, 0.5) is 0 Å². The van der Waals surface area contributed by atoms with Gasteiger partial charge >= 0.3 is 0 Å². The third-order valence-corrected chi connectivity index (χ3v) is 7.78. The van der Waals surface area contributed by atoms with E-state index in [1.165, 1.54) is 19.9 Å². The molecule has 0 atom stereocenters. The zero-order valence-corrected chi connectivity index (χ0v) is 14.0. The largest absolute Gasteiger partial charge is 0.243 e. The van der Waals surface area contributed by atoms with E-state index in [2.05, 4.69) is 0 Å². The van der Waals surface area contributed by atoms with Crippen molar-refractivity contribution in [3.8, 4) is 0 Å². The fraction of sp³-hybridized carbons (Fsp3) is 0.600. The molecule has 10 heteroatoms. The number of halogens is 1. The average molecular weight is 359 g/mol. The lowest BCUT2D eigenvalue weighted by Gasteiger charge is -2.32. The number of thiophene rings is 1. The van der Waals surface area contributed by atoms with Gasteiger partial charge in [0, 0.05) is 36.4 Å².